The summed E-state index contributed by atoms with van der Waals surface area (Å²) in [6.07, 6.45) is -0.653. The van der Waals surface area contributed by atoms with Gasteiger partial charge in [0, 0.05) is 10.9 Å². The Balaban J connectivity index is 2.76. The molecule has 0 unspecified atom stereocenters. The zero-order valence-corrected chi connectivity index (χ0v) is 12.1. The third kappa shape index (κ3) is 4.88. The summed E-state index contributed by atoms with van der Waals surface area (Å²) in [6, 6.07) is 0. The molecule has 2 N–H and O–H groups in total. The molecule has 1 aromatic rings. The maximum absolute atomic E-state index is 11.5. The first kappa shape index (κ1) is 15.5. The molecule has 0 saturated heterocycles. The van der Waals surface area contributed by atoms with Crippen molar-refractivity contribution < 1.29 is 19.4 Å². The van der Waals surface area contributed by atoms with Gasteiger partial charge in [-0.05, 0) is 20.8 Å². The van der Waals surface area contributed by atoms with E-state index in [1.165, 1.54) is 5.38 Å². The monoisotopic (exact) mass is 304 g/mol. The number of carboxylic acids is 1. The number of carboxylic acid groups (broad SMARTS) is 1. The quantitative estimate of drug-likeness (QED) is 0.837. The summed E-state index contributed by atoms with van der Waals surface area (Å²) in [5.74, 6) is -1.19. The van der Waals surface area contributed by atoms with Crippen molar-refractivity contribution >= 4 is 45.7 Å². The van der Waals surface area contributed by atoms with E-state index in [1.54, 1.807) is 20.8 Å². The maximum Gasteiger partial charge on any atom is 0.413 e. The van der Waals surface area contributed by atoms with Gasteiger partial charge in [0.15, 0.2) is 5.13 Å². The van der Waals surface area contributed by atoms with Crippen molar-refractivity contribution in [1.29, 1.82) is 0 Å². The minimum absolute atomic E-state index is 0.143. The Morgan fingerprint density at radius 1 is 1.53 bits per heavy atom. The molecule has 0 bridgehead atoms. The number of nitrogens with zero attached hydrogens (tertiary/aromatic N) is 1. The normalized spacial score (nSPS) is 12.1. The van der Waals surface area contributed by atoms with Crippen LogP contribution in [0.5, 0.6) is 0 Å². The summed E-state index contributed by atoms with van der Waals surface area (Å²) in [5, 5.41) is 13.0. The number of anilines is 1. The molecule has 0 radical (unpaired) electrons. The van der Waals surface area contributed by atoms with E-state index in [-0.39, 0.29) is 16.4 Å². The minimum atomic E-state index is -1.19. The van der Waals surface area contributed by atoms with Gasteiger partial charge in [0.1, 0.15) is 5.60 Å². The van der Waals surface area contributed by atoms with Crippen LogP contribution in [0.4, 0.5) is 9.93 Å². The lowest BCUT2D eigenvalue weighted by Gasteiger charge is -2.18. The van der Waals surface area contributed by atoms with Gasteiger partial charge in [-0.2, -0.15) is 0 Å². The van der Waals surface area contributed by atoms with Crippen LogP contribution in [0.15, 0.2) is 10.9 Å². The smallest absolute Gasteiger partial charge is 0.413 e. The molecular formula is C11H13ClN2O4S. The van der Waals surface area contributed by atoms with Crippen molar-refractivity contribution in [1.82, 2.24) is 4.98 Å². The van der Waals surface area contributed by atoms with Gasteiger partial charge in [0.05, 0.1) is 11.3 Å². The number of hydrogen-bond donors (Lipinski definition) is 2. The second-order valence-corrected chi connectivity index (χ2v) is 5.57. The molecule has 6 nitrogen and oxygen atoms in total. The fourth-order valence-corrected chi connectivity index (χ4v) is 1.96. The maximum atomic E-state index is 11.5. The van der Waals surface area contributed by atoms with Gasteiger partial charge < -0.3 is 9.84 Å². The molecule has 8 heteroatoms. The third-order valence-electron chi connectivity index (χ3n) is 1.73. The Morgan fingerprint density at radius 3 is 2.63 bits per heavy atom. The Bertz CT molecular complexity index is 519. The molecule has 0 aliphatic rings. The lowest BCUT2D eigenvalue weighted by atomic mass is 10.2. The molecular weight excluding hydrogens is 292 g/mol. The number of nitrogens with one attached hydrogen (secondary N) is 1. The van der Waals surface area contributed by atoms with Crippen molar-refractivity contribution in [3.05, 3.63) is 16.6 Å². The topological polar surface area (TPSA) is 88.5 Å². The van der Waals surface area contributed by atoms with Crippen LogP contribution in [0, 0.1) is 0 Å². The fraction of sp³-hybridized carbons (Fsp3) is 0.364. The SMILES string of the molecule is CC(C)(C)OC(=O)Nc1nc(/C(=C\Cl)C(=O)O)cs1. The number of hydrogen-bond acceptors (Lipinski definition) is 5. The Labute approximate surface area is 119 Å². The molecule has 104 valence electrons. The standard InChI is InChI=1S/C11H13ClN2O4S/c1-11(2,3)18-10(17)14-9-13-7(5-19-9)6(4-12)8(15)16/h4-5H,1-3H3,(H,15,16)(H,13,14,17)/b6-4+. The van der Waals surface area contributed by atoms with Crippen molar-refractivity contribution in [2.24, 2.45) is 0 Å². The van der Waals surface area contributed by atoms with Crippen LogP contribution in [0.1, 0.15) is 26.5 Å². The number of amides is 1. The van der Waals surface area contributed by atoms with Crippen LogP contribution in [0.2, 0.25) is 0 Å². The highest BCUT2D eigenvalue weighted by Gasteiger charge is 2.18. The van der Waals surface area contributed by atoms with Crippen molar-refractivity contribution in [2.75, 3.05) is 5.32 Å². The first-order valence-corrected chi connectivity index (χ1v) is 6.54. The largest absolute Gasteiger partial charge is 0.478 e. The molecule has 0 aliphatic heterocycles. The van der Waals surface area contributed by atoms with Gasteiger partial charge in [-0.1, -0.05) is 11.6 Å². The number of aliphatic carboxylic acids is 1. The number of aromatic nitrogens is 1. The van der Waals surface area contributed by atoms with E-state index in [9.17, 15) is 9.59 Å². The second-order valence-electron chi connectivity index (χ2n) is 4.49. The number of rotatable bonds is 3. The molecule has 1 amide bonds. The summed E-state index contributed by atoms with van der Waals surface area (Å²) in [7, 11) is 0. The highest BCUT2D eigenvalue weighted by Crippen LogP contribution is 2.23. The average molecular weight is 305 g/mol. The van der Waals surface area contributed by atoms with Crippen LogP contribution in [-0.4, -0.2) is 27.8 Å². The Hall–Kier alpha value is -1.60. The lowest BCUT2D eigenvalue weighted by molar-refractivity contribution is -0.130. The molecule has 0 aliphatic carbocycles. The van der Waals surface area contributed by atoms with Crippen LogP contribution >= 0.6 is 22.9 Å². The molecule has 1 rings (SSSR count). The third-order valence-corrected chi connectivity index (χ3v) is 2.70. The van der Waals surface area contributed by atoms with Gasteiger partial charge in [-0.3, -0.25) is 5.32 Å². The summed E-state index contributed by atoms with van der Waals surface area (Å²) in [5.41, 5.74) is 0.342. The van der Waals surface area contributed by atoms with Gasteiger partial charge in [0.25, 0.3) is 0 Å². The molecule has 0 atom stereocenters. The highest BCUT2D eigenvalue weighted by atomic mass is 35.5. The van der Waals surface area contributed by atoms with Crippen LogP contribution in [0.25, 0.3) is 5.57 Å². The Morgan fingerprint density at radius 2 is 2.16 bits per heavy atom. The molecule has 0 fully saturated rings. The van der Waals surface area contributed by atoms with E-state index >= 15 is 0 Å². The second kappa shape index (κ2) is 6.03. The molecule has 19 heavy (non-hydrogen) atoms. The van der Waals surface area contributed by atoms with Crippen LogP contribution in [-0.2, 0) is 9.53 Å². The van der Waals surface area contributed by atoms with Gasteiger partial charge >= 0.3 is 12.1 Å². The van der Waals surface area contributed by atoms with E-state index < -0.39 is 17.7 Å². The van der Waals surface area contributed by atoms with E-state index in [1.807, 2.05) is 0 Å². The molecule has 0 aromatic carbocycles. The van der Waals surface area contributed by atoms with Crippen LogP contribution in [0.3, 0.4) is 0 Å². The first-order valence-electron chi connectivity index (χ1n) is 5.22. The minimum Gasteiger partial charge on any atom is -0.478 e. The zero-order valence-electron chi connectivity index (χ0n) is 10.6. The molecule has 1 aromatic heterocycles. The van der Waals surface area contributed by atoms with Crippen LogP contribution < -0.4 is 5.32 Å². The zero-order chi connectivity index (χ0) is 14.6. The Kier molecular flexibility index (Phi) is 4.90. The molecule has 0 saturated carbocycles. The summed E-state index contributed by atoms with van der Waals surface area (Å²) < 4.78 is 5.04. The first-order chi connectivity index (χ1) is 8.73. The van der Waals surface area contributed by atoms with Crippen molar-refractivity contribution in [3.8, 4) is 0 Å². The summed E-state index contributed by atoms with van der Waals surface area (Å²) >= 11 is 6.49. The summed E-state index contributed by atoms with van der Waals surface area (Å²) in [4.78, 5) is 26.3. The van der Waals surface area contributed by atoms with Crippen molar-refractivity contribution in [2.45, 2.75) is 26.4 Å². The summed E-state index contributed by atoms with van der Waals surface area (Å²) in [6.45, 7) is 5.20. The van der Waals surface area contributed by atoms with E-state index in [0.29, 0.717) is 0 Å². The number of carbonyl (C=O) groups excluding carboxylic acids is 1. The molecule has 1 heterocycles. The predicted octanol–water partition coefficient (Wildman–Crippen LogP) is 3.15. The van der Waals surface area contributed by atoms with E-state index in [4.69, 9.17) is 21.4 Å². The van der Waals surface area contributed by atoms with E-state index in [0.717, 1.165) is 16.9 Å². The average Bonchev–Trinajstić information content (AvgIpc) is 2.63. The van der Waals surface area contributed by atoms with Gasteiger partial charge in [-0.25, -0.2) is 14.6 Å². The fourth-order valence-electron chi connectivity index (χ4n) is 1.06. The lowest BCUT2D eigenvalue weighted by Crippen LogP contribution is -2.27. The number of halogens is 1. The predicted molar refractivity (Wildman–Crippen MR) is 73.4 cm³/mol. The number of ether oxygens (including phenoxy) is 1. The number of carbonyl (C=O) groups is 2. The van der Waals surface area contributed by atoms with Crippen molar-refractivity contribution in [3.63, 3.8) is 0 Å². The van der Waals surface area contributed by atoms with Gasteiger partial charge in [-0.15, -0.1) is 11.3 Å². The number of thiazole rings is 1. The highest BCUT2D eigenvalue weighted by molar-refractivity contribution is 7.14. The molecule has 0 spiro atoms. The van der Waals surface area contributed by atoms with Gasteiger partial charge in [0.2, 0.25) is 0 Å². The van der Waals surface area contributed by atoms with E-state index in [2.05, 4.69) is 10.3 Å².